The lowest BCUT2D eigenvalue weighted by Crippen LogP contribution is -2.20. The Kier molecular flexibility index (Phi) is 5.26. The Morgan fingerprint density at radius 2 is 1.67 bits per heavy atom. The molecule has 1 aromatic carbocycles. The summed E-state index contributed by atoms with van der Waals surface area (Å²) in [6.45, 7) is 2.17. The van der Waals surface area contributed by atoms with Crippen LogP contribution in [0.4, 0.5) is 13.2 Å². The highest BCUT2D eigenvalue weighted by Gasteiger charge is 2.34. The highest BCUT2D eigenvalue weighted by atomic mass is 19.4. The maximum atomic E-state index is 12.8. The van der Waals surface area contributed by atoms with Gasteiger partial charge in [0.05, 0.1) is 6.61 Å². The van der Waals surface area contributed by atoms with Crippen molar-refractivity contribution in [2.45, 2.75) is 64.7 Å². The normalized spacial score (nSPS) is 19.3. The zero-order valence-corrected chi connectivity index (χ0v) is 14.1. The minimum Gasteiger partial charge on any atom is -0.489 e. The van der Waals surface area contributed by atoms with E-state index in [1.807, 2.05) is 6.07 Å². The zero-order chi connectivity index (χ0) is 17.2. The van der Waals surface area contributed by atoms with Gasteiger partial charge in [-0.25, -0.2) is 0 Å². The average molecular weight is 342 g/mol. The van der Waals surface area contributed by atoms with Crippen molar-refractivity contribution >= 4 is 0 Å². The van der Waals surface area contributed by atoms with Gasteiger partial charge in [-0.3, -0.25) is 0 Å². The number of halogens is 3. The van der Waals surface area contributed by atoms with Crippen LogP contribution in [0.3, 0.4) is 0 Å². The van der Waals surface area contributed by atoms with Crippen LogP contribution in [0.1, 0.15) is 56.1 Å². The fourth-order valence-electron chi connectivity index (χ4n) is 3.68. The second-order valence-corrected chi connectivity index (χ2v) is 7.19. The second-order valence-electron chi connectivity index (χ2n) is 7.19. The third-order valence-electron chi connectivity index (χ3n) is 5.38. The predicted molar refractivity (Wildman–Crippen MR) is 86.4 cm³/mol. The quantitative estimate of drug-likeness (QED) is 0.650. The van der Waals surface area contributed by atoms with Crippen molar-refractivity contribution in [2.75, 3.05) is 6.61 Å². The first-order chi connectivity index (χ1) is 11.4. The van der Waals surface area contributed by atoms with Gasteiger partial charge in [-0.05, 0) is 55.2 Å². The van der Waals surface area contributed by atoms with Gasteiger partial charge in [-0.15, -0.1) is 13.2 Å². The monoisotopic (exact) mass is 342 g/mol. The summed E-state index contributed by atoms with van der Waals surface area (Å²) in [5.74, 6) is 1.10. The Hall–Kier alpha value is -1.39. The van der Waals surface area contributed by atoms with Gasteiger partial charge in [-0.2, -0.15) is 0 Å². The smallest absolute Gasteiger partial charge is 0.489 e. The number of hydrogen-bond donors (Lipinski definition) is 0. The van der Waals surface area contributed by atoms with Crippen LogP contribution in [0.2, 0.25) is 0 Å². The Morgan fingerprint density at radius 3 is 2.25 bits per heavy atom. The van der Waals surface area contributed by atoms with Crippen LogP contribution in [-0.4, -0.2) is 13.0 Å². The van der Waals surface area contributed by atoms with Crippen molar-refractivity contribution in [2.24, 2.45) is 11.8 Å². The largest absolute Gasteiger partial charge is 0.573 e. The summed E-state index contributed by atoms with van der Waals surface area (Å²) in [6.07, 6.45) is 4.21. The molecule has 24 heavy (non-hydrogen) atoms. The molecule has 2 aliphatic carbocycles. The van der Waals surface area contributed by atoms with Crippen molar-refractivity contribution in [3.05, 3.63) is 23.3 Å². The molecule has 0 aliphatic heterocycles. The predicted octanol–water partition coefficient (Wildman–Crippen LogP) is 5.81. The molecular weight excluding hydrogens is 317 g/mol. The number of rotatable bonds is 6. The molecule has 0 amide bonds. The Morgan fingerprint density at radius 1 is 1.00 bits per heavy atom. The average Bonchev–Trinajstić information content (AvgIpc) is 2.97. The molecule has 0 unspecified atom stereocenters. The van der Waals surface area contributed by atoms with E-state index in [1.165, 1.54) is 19.3 Å². The van der Waals surface area contributed by atoms with Gasteiger partial charge >= 0.3 is 6.36 Å². The van der Waals surface area contributed by atoms with Gasteiger partial charge in [0.25, 0.3) is 0 Å². The van der Waals surface area contributed by atoms with E-state index in [4.69, 9.17) is 4.74 Å². The standard InChI is InChI=1S/C19H25F3O2/c1-13-16(11-14-7-4-8-14)9-10-17(18(13)24-19(20,21)22)23-12-15-5-2-3-6-15/h9-10,14-15H,2-8,11-12H2,1H3. The van der Waals surface area contributed by atoms with E-state index in [9.17, 15) is 13.2 Å². The van der Waals surface area contributed by atoms with E-state index < -0.39 is 6.36 Å². The fourth-order valence-corrected chi connectivity index (χ4v) is 3.68. The first-order valence-electron chi connectivity index (χ1n) is 8.93. The number of hydrogen-bond acceptors (Lipinski definition) is 2. The third kappa shape index (κ3) is 4.37. The van der Waals surface area contributed by atoms with Gasteiger partial charge in [0.1, 0.15) is 0 Å². The van der Waals surface area contributed by atoms with Crippen molar-refractivity contribution in [3.8, 4) is 11.5 Å². The van der Waals surface area contributed by atoms with Crippen LogP contribution < -0.4 is 9.47 Å². The van der Waals surface area contributed by atoms with Crippen LogP contribution >= 0.6 is 0 Å². The number of alkyl halides is 3. The SMILES string of the molecule is Cc1c(CC2CCC2)ccc(OCC2CCCC2)c1OC(F)(F)F. The molecule has 1 aromatic rings. The maximum Gasteiger partial charge on any atom is 0.573 e. The molecule has 0 saturated heterocycles. The molecule has 2 saturated carbocycles. The van der Waals surface area contributed by atoms with Crippen LogP contribution in [0.5, 0.6) is 11.5 Å². The highest BCUT2D eigenvalue weighted by molar-refractivity contribution is 5.50. The van der Waals surface area contributed by atoms with Crippen LogP contribution in [-0.2, 0) is 6.42 Å². The molecule has 0 bridgehead atoms. The van der Waals surface area contributed by atoms with Crippen molar-refractivity contribution in [1.29, 1.82) is 0 Å². The summed E-state index contributed by atoms with van der Waals surface area (Å²) in [4.78, 5) is 0. The second kappa shape index (κ2) is 7.24. The van der Waals surface area contributed by atoms with Gasteiger partial charge in [0, 0.05) is 0 Å². The molecule has 0 spiro atoms. The lowest BCUT2D eigenvalue weighted by Gasteiger charge is -2.27. The summed E-state index contributed by atoms with van der Waals surface area (Å²) < 4.78 is 48.6. The summed E-state index contributed by atoms with van der Waals surface area (Å²) in [5, 5.41) is 0. The minimum absolute atomic E-state index is 0.155. The molecule has 134 valence electrons. The van der Waals surface area contributed by atoms with E-state index in [0.717, 1.165) is 37.7 Å². The zero-order valence-electron chi connectivity index (χ0n) is 14.1. The topological polar surface area (TPSA) is 18.5 Å². The Labute approximate surface area is 141 Å². The first kappa shape index (κ1) is 17.4. The van der Waals surface area contributed by atoms with Gasteiger partial charge in [-0.1, -0.05) is 38.2 Å². The molecule has 0 N–H and O–H groups in total. The van der Waals surface area contributed by atoms with E-state index in [1.54, 1.807) is 13.0 Å². The molecule has 3 rings (SSSR count). The third-order valence-corrected chi connectivity index (χ3v) is 5.38. The molecular formula is C19H25F3O2. The van der Waals surface area contributed by atoms with Crippen LogP contribution in [0.25, 0.3) is 0 Å². The Balaban J connectivity index is 1.78. The summed E-state index contributed by atoms with van der Waals surface area (Å²) in [6, 6.07) is 3.55. The molecule has 2 aliphatic rings. The van der Waals surface area contributed by atoms with Crippen molar-refractivity contribution in [1.82, 2.24) is 0 Å². The van der Waals surface area contributed by atoms with E-state index in [-0.39, 0.29) is 11.5 Å². The Bertz CT molecular complexity index is 558. The minimum atomic E-state index is -4.70. The lowest BCUT2D eigenvalue weighted by molar-refractivity contribution is -0.275. The summed E-state index contributed by atoms with van der Waals surface area (Å²) in [7, 11) is 0. The summed E-state index contributed by atoms with van der Waals surface area (Å²) >= 11 is 0. The van der Waals surface area contributed by atoms with Gasteiger partial charge < -0.3 is 9.47 Å². The molecule has 0 aromatic heterocycles. The van der Waals surface area contributed by atoms with Crippen molar-refractivity contribution in [3.63, 3.8) is 0 Å². The molecule has 5 heteroatoms. The van der Waals surface area contributed by atoms with Gasteiger partial charge in [0.15, 0.2) is 11.5 Å². The van der Waals surface area contributed by atoms with Crippen LogP contribution in [0, 0.1) is 18.8 Å². The molecule has 2 fully saturated rings. The molecule has 0 atom stereocenters. The molecule has 0 heterocycles. The fraction of sp³-hybridized carbons (Fsp3) is 0.684. The van der Waals surface area contributed by atoms with E-state index >= 15 is 0 Å². The molecule has 2 nitrogen and oxygen atoms in total. The van der Waals surface area contributed by atoms with Crippen LogP contribution in [0.15, 0.2) is 12.1 Å². The maximum absolute atomic E-state index is 12.8. The number of benzene rings is 1. The lowest BCUT2D eigenvalue weighted by atomic mass is 9.80. The van der Waals surface area contributed by atoms with Gasteiger partial charge in [0.2, 0.25) is 0 Å². The van der Waals surface area contributed by atoms with E-state index in [0.29, 0.717) is 24.0 Å². The van der Waals surface area contributed by atoms with E-state index in [2.05, 4.69) is 4.74 Å². The molecule has 0 radical (unpaired) electrons. The van der Waals surface area contributed by atoms with Crippen molar-refractivity contribution < 1.29 is 22.6 Å². The number of ether oxygens (including phenoxy) is 2. The first-order valence-corrected chi connectivity index (χ1v) is 8.93. The highest BCUT2D eigenvalue weighted by Crippen LogP contribution is 2.40. The summed E-state index contributed by atoms with van der Waals surface area (Å²) in [5.41, 5.74) is 1.50.